The third-order valence-corrected chi connectivity index (χ3v) is 5.35. The number of H-pyrrole nitrogens is 1. The van der Waals surface area contributed by atoms with Gasteiger partial charge in [0.15, 0.2) is 11.4 Å². The molecule has 1 fully saturated rings. The number of carbonyl (C=O) groups excluding carboxylic acids is 1. The lowest BCUT2D eigenvalue weighted by atomic mass is 10.1. The van der Waals surface area contributed by atoms with Gasteiger partial charge in [-0.15, -0.1) is 11.3 Å². The Morgan fingerprint density at radius 2 is 2.21 bits per heavy atom. The highest BCUT2D eigenvalue weighted by Crippen LogP contribution is 2.28. The molecule has 7 nitrogen and oxygen atoms in total. The van der Waals surface area contributed by atoms with E-state index >= 15 is 0 Å². The lowest BCUT2D eigenvalue weighted by Crippen LogP contribution is -2.44. The van der Waals surface area contributed by atoms with Crippen molar-refractivity contribution in [1.29, 1.82) is 0 Å². The van der Waals surface area contributed by atoms with Gasteiger partial charge in [-0.1, -0.05) is 6.07 Å². The first-order valence-corrected chi connectivity index (χ1v) is 9.73. The topological polar surface area (TPSA) is 84.0 Å². The standard InChI is InChI=1S/C18H16F3N5O2S/c19-18(20,21)15-5-6-22-17(23-15)28-11-3-1-7-26(10-11)16(27)13-9-12(24-25-13)14-4-2-8-29-14/h2,4-6,8-9,11H,1,3,7,10H2,(H,24,25). The molecule has 0 saturated carbocycles. The van der Waals surface area contributed by atoms with Crippen molar-refractivity contribution in [3.63, 3.8) is 0 Å². The van der Waals surface area contributed by atoms with Gasteiger partial charge in [-0.05, 0) is 36.4 Å². The van der Waals surface area contributed by atoms with Crippen LogP contribution in [0.25, 0.3) is 10.6 Å². The Kier molecular flexibility index (Phi) is 5.22. The summed E-state index contributed by atoms with van der Waals surface area (Å²) >= 11 is 1.53. The smallest absolute Gasteiger partial charge is 0.433 e. The molecule has 1 aliphatic rings. The molecule has 3 aromatic heterocycles. The zero-order valence-corrected chi connectivity index (χ0v) is 15.8. The van der Waals surface area contributed by atoms with E-state index in [9.17, 15) is 18.0 Å². The Hall–Kier alpha value is -2.95. The second-order valence-corrected chi connectivity index (χ2v) is 7.45. The van der Waals surface area contributed by atoms with Crippen LogP contribution in [0.2, 0.25) is 0 Å². The maximum Gasteiger partial charge on any atom is 0.433 e. The van der Waals surface area contributed by atoms with Crippen LogP contribution in [0.15, 0.2) is 35.8 Å². The number of aromatic amines is 1. The number of ether oxygens (including phenoxy) is 1. The molecule has 4 rings (SSSR count). The van der Waals surface area contributed by atoms with E-state index in [0.717, 1.165) is 22.8 Å². The largest absolute Gasteiger partial charge is 0.458 e. The second-order valence-electron chi connectivity index (χ2n) is 6.50. The molecule has 152 valence electrons. The third kappa shape index (κ3) is 4.39. The van der Waals surface area contributed by atoms with Crippen LogP contribution >= 0.6 is 11.3 Å². The number of aromatic nitrogens is 4. The molecule has 3 aromatic rings. The van der Waals surface area contributed by atoms with Crippen LogP contribution in [0, 0.1) is 0 Å². The monoisotopic (exact) mass is 423 g/mol. The minimum Gasteiger partial charge on any atom is -0.458 e. The second kappa shape index (κ2) is 7.82. The predicted octanol–water partition coefficient (Wildman–Crippen LogP) is 3.63. The van der Waals surface area contributed by atoms with E-state index < -0.39 is 18.0 Å². The van der Waals surface area contributed by atoms with Gasteiger partial charge in [-0.3, -0.25) is 9.89 Å². The summed E-state index contributed by atoms with van der Waals surface area (Å²) in [4.78, 5) is 22.5. The van der Waals surface area contributed by atoms with E-state index in [0.29, 0.717) is 19.4 Å². The number of nitrogens with zero attached hydrogens (tertiary/aromatic N) is 4. The summed E-state index contributed by atoms with van der Waals surface area (Å²) in [5, 5.41) is 8.88. The van der Waals surface area contributed by atoms with E-state index in [1.807, 2.05) is 17.5 Å². The number of thiophene rings is 1. The minimum absolute atomic E-state index is 0.222. The fourth-order valence-corrected chi connectivity index (χ4v) is 3.77. The third-order valence-electron chi connectivity index (χ3n) is 4.44. The van der Waals surface area contributed by atoms with E-state index in [4.69, 9.17) is 4.74 Å². The molecular weight excluding hydrogens is 407 g/mol. The number of halogens is 3. The lowest BCUT2D eigenvalue weighted by Gasteiger charge is -2.31. The summed E-state index contributed by atoms with van der Waals surface area (Å²) in [6, 6.07) is 5.96. The fourth-order valence-electron chi connectivity index (χ4n) is 3.07. The summed E-state index contributed by atoms with van der Waals surface area (Å²) in [5.41, 5.74) is -0.0289. The molecule has 11 heteroatoms. The van der Waals surface area contributed by atoms with Crippen LogP contribution in [0.1, 0.15) is 29.0 Å². The Bertz CT molecular complexity index is 990. The van der Waals surface area contributed by atoms with Gasteiger partial charge in [-0.25, -0.2) is 4.98 Å². The number of piperidine rings is 1. The fraction of sp³-hybridized carbons (Fsp3) is 0.333. The van der Waals surface area contributed by atoms with Gasteiger partial charge in [0, 0.05) is 12.7 Å². The van der Waals surface area contributed by atoms with Crippen LogP contribution in [-0.2, 0) is 6.18 Å². The van der Waals surface area contributed by atoms with Crippen molar-refractivity contribution in [2.24, 2.45) is 0 Å². The molecule has 1 atom stereocenters. The molecule has 0 bridgehead atoms. The normalized spacial score (nSPS) is 17.3. The minimum atomic E-state index is -4.57. The summed E-state index contributed by atoms with van der Waals surface area (Å²) < 4.78 is 43.9. The van der Waals surface area contributed by atoms with Crippen LogP contribution < -0.4 is 4.74 Å². The number of carbonyl (C=O) groups is 1. The van der Waals surface area contributed by atoms with Crippen molar-refractivity contribution in [1.82, 2.24) is 25.1 Å². The van der Waals surface area contributed by atoms with Crippen LogP contribution in [0.3, 0.4) is 0 Å². The number of nitrogens with one attached hydrogen (secondary N) is 1. The summed E-state index contributed by atoms with van der Waals surface area (Å²) in [5.74, 6) is -0.262. The van der Waals surface area contributed by atoms with Crippen LogP contribution in [-0.4, -0.2) is 50.2 Å². The molecule has 0 radical (unpaired) electrons. The van der Waals surface area contributed by atoms with Crippen LogP contribution in [0.4, 0.5) is 13.2 Å². The van der Waals surface area contributed by atoms with Crippen molar-refractivity contribution in [2.45, 2.75) is 25.1 Å². The van der Waals surface area contributed by atoms with Gasteiger partial charge < -0.3 is 9.64 Å². The first kappa shape index (κ1) is 19.4. The first-order valence-electron chi connectivity index (χ1n) is 8.85. The van der Waals surface area contributed by atoms with Gasteiger partial charge in [0.2, 0.25) is 0 Å². The number of likely N-dealkylation sites (tertiary alicyclic amines) is 1. The Balaban J connectivity index is 1.43. The average molecular weight is 423 g/mol. The van der Waals surface area contributed by atoms with Crippen molar-refractivity contribution >= 4 is 17.2 Å². The number of hydrogen-bond acceptors (Lipinski definition) is 6. The van der Waals surface area contributed by atoms with Gasteiger partial charge in [0.05, 0.1) is 17.1 Å². The summed E-state index contributed by atoms with van der Waals surface area (Å²) in [6.07, 6.45) is -2.82. The Morgan fingerprint density at radius 1 is 1.34 bits per heavy atom. The van der Waals surface area contributed by atoms with Crippen molar-refractivity contribution in [3.8, 4) is 16.6 Å². The van der Waals surface area contributed by atoms with E-state index in [2.05, 4.69) is 20.2 Å². The van der Waals surface area contributed by atoms with E-state index in [1.165, 1.54) is 11.3 Å². The SMILES string of the molecule is O=C(c1cc(-c2cccs2)[nH]n1)N1CCCC(Oc2nccc(C(F)(F)F)n2)C1. The number of rotatable bonds is 4. The number of alkyl halides is 3. The van der Waals surface area contributed by atoms with Gasteiger partial charge in [0.25, 0.3) is 5.91 Å². The zero-order valence-electron chi connectivity index (χ0n) is 15.0. The summed E-state index contributed by atoms with van der Waals surface area (Å²) in [6.45, 7) is 0.739. The lowest BCUT2D eigenvalue weighted by molar-refractivity contribution is -0.141. The van der Waals surface area contributed by atoms with E-state index in [-0.39, 0.29) is 24.2 Å². The average Bonchev–Trinajstić information content (AvgIpc) is 3.39. The van der Waals surface area contributed by atoms with Crippen molar-refractivity contribution in [2.75, 3.05) is 13.1 Å². The Labute approximate surface area is 167 Å². The van der Waals surface area contributed by atoms with E-state index in [1.54, 1.807) is 11.0 Å². The molecule has 0 aliphatic carbocycles. The molecular formula is C18H16F3N5O2S. The molecule has 0 aromatic carbocycles. The highest BCUT2D eigenvalue weighted by molar-refractivity contribution is 7.13. The molecule has 29 heavy (non-hydrogen) atoms. The van der Waals surface area contributed by atoms with Gasteiger partial charge in [0.1, 0.15) is 6.10 Å². The Morgan fingerprint density at radius 3 is 2.97 bits per heavy atom. The molecule has 0 spiro atoms. The maximum atomic E-state index is 12.8. The van der Waals surface area contributed by atoms with Crippen molar-refractivity contribution < 1.29 is 22.7 Å². The molecule has 1 amide bonds. The molecule has 1 aliphatic heterocycles. The first-order chi connectivity index (χ1) is 13.9. The van der Waals surface area contributed by atoms with Crippen molar-refractivity contribution in [3.05, 3.63) is 47.2 Å². The molecule has 1 saturated heterocycles. The highest BCUT2D eigenvalue weighted by atomic mass is 32.1. The van der Waals surface area contributed by atoms with Gasteiger partial charge in [-0.2, -0.15) is 23.3 Å². The zero-order chi connectivity index (χ0) is 20.4. The maximum absolute atomic E-state index is 12.8. The predicted molar refractivity (Wildman–Crippen MR) is 98.5 cm³/mol. The highest BCUT2D eigenvalue weighted by Gasteiger charge is 2.34. The molecule has 4 heterocycles. The molecule has 1 unspecified atom stereocenters. The summed E-state index contributed by atoms with van der Waals surface area (Å²) in [7, 11) is 0. The molecule has 1 N–H and O–H groups in total. The quantitative estimate of drug-likeness (QED) is 0.693. The van der Waals surface area contributed by atoms with Gasteiger partial charge >= 0.3 is 12.2 Å². The number of amides is 1. The van der Waals surface area contributed by atoms with Crippen LogP contribution in [0.5, 0.6) is 6.01 Å². The number of hydrogen-bond donors (Lipinski definition) is 1.